The van der Waals surface area contributed by atoms with Crippen LogP contribution in [0.2, 0.25) is 0 Å². The first kappa shape index (κ1) is 21.0. The Morgan fingerprint density at radius 3 is 2.38 bits per heavy atom. The third-order valence-corrected chi connectivity index (χ3v) is 6.87. The fraction of sp³-hybridized carbons (Fsp3) is 0.333. The summed E-state index contributed by atoms with van der Waals surface area (Å²) in [6.45, 7) is 4.35. The van der Waals surface area contributed by atoms with Crippen LogP contribution >= 0.6 is 0 Å². The van der Waals surface area contributed by atoms with Crippen molar-refractivity contribution in [1.82, 2.24) is 4.31 Å². The van der Waals surface area contributed by atoms with Crippen LogP contribution in [-0.4, -0.2) is 44.1 Å². The van der Waals surface area contributed by atoms with Gasteiger partial charge in [0.05, 0.1) is 10.5 Å². The Balaban J connectivity index is 1.83. The Labute approximate surface area is 170 Å². The van der Waals surface area contributed by atoms with Gasteiger partial charge in [0.25, 0.3) is 5.91 Å². The van der Waals surface area contributed by atoms with Gasteiger partial charge >= 0.3 is 0 Å². The third-order valence-electron chi connectivity index (χ3n) is 4.97. The number of ether oxygens (including phenoxy) is 1. The van der Waals surface area contributed by atoms with Crippen molar-refractivity contribution in [2.24, 2.45) is 5.73 Å². The van der Waals surface area contributed by atoms with Crippen molar-refractivity contribution in [2.45, 2.75) is 31.6 Å². The summed E-state index contributed by atoms with van der Waals surface area (Å²) < 4.78 is 32.4. The Kier molecular flexibility index (Phi) is 6.04. The van der Waals surface area contributed by atoms with Gasteiger partial charge in [0.1, 0.15) is 5.75 Å². The Bertz CT molecular complexity index is 1060. The minimum Gasteiger partial charge on any atom is -0.485 e. The molecule has 0 spiro atoms. The number of nitrogens with two attached hydrogens (primary N) is 1. The Hall–Kier alpha value is -2.71. The number of hydrogen-bond donors (Lipinski definition) is 1. The highest BCUT2D eigenvalue weighted by Crippen LogP contribution is 2.26. The molecule has 1 aliphatic heterocycles. The highest BCUT2D eigenvalue weighted by atomic mass is 32.2. The lowest BCUT2D eigenvalue weighted by Gasteiger charge is -2.17. The molecular formula is C21H24N2O5S. The lowest BCUT2D eigenvalue weighted by molar-refractivity contribution is 0.0911. The largest absolute Gasteiger partial charge is 0.485 e. The number of amides is 1. The van der Waals surface area contributed by atoms with Crippen LogP contribution < -0.4 is 10.5 Å². The SMILES string of the molecule is Cc1ccc(C)c(C(=O)COc2ccc(S(=O)(=O)N3CCCC3)cc2C(N)=O)c1. The zero-order chi connectivity index (χ0) is 21.2. The molecule has 1 fully saturated rings. The first-order chi connectivity index (χ1) is 13.7. The van der Waals surface area contributed by atoms with Crippen molar-refractivity contribution in [3.63, 3.8) is 0 Å². The van der Waals surface area contributed by atoms with Gasteiger partial charge in [-0.15, -0.1) is 0 Å². The van der Waals surface area contributed by atoms with Crippen LogP contribution in [0.3, 0.4) is 0 Å². The molecule has 0 bridgehead atoms. The molecule has 0 unspecified atom stereocenters. The minimum atomic E-state index is -3.69. The van der Waals surface area contributed by atoms with Crippen LogP contribution in [0.15, 0.2) is 41.3 Å². The maximum atomic E-state index is 12.7. The maximum Gasteiger partial charge on any atom is 0.252 e. The molecule has 2 N–H and O–H groups in total. The van der Waals surface area contributed by atoms with Gasteiger partial charge in [0.2, 0.25) is 10.0 Å². The Morgan fingerprint density at radius 1 is 1.03 bits per heavy atom. The van der Waals surface area contributed by atoms with Gasteiger partial charge in [-0.3, -0.25) is 9.59 Å². The van der Waals surface area contributed by atoms with Crippen molar-refractivity contribution in [2.75, 3.05) is 19.7 Å². The number of aryl methyl sites for hydroxylation is 2. The number of Topliss-reactive ketones (excluding diaryl/α,β-unsaturated/α-hetero) is 1. The number of sulfonamides is 1. The summed E-state index contributed by atoms with van der Waals surface area (Å²) in [7, 11) is -3.69. The second-order valence-corrected chi connectivity index (χ2v) is 9.10. The minimum absolute atomic E-state index is 0.0126. The van der Waals surface area contributed by atoms with Gasteiger partial charge < -0.3 is 10.5 Å². The summed E-state index contributed by atoms with van der Waals surface area (Å²) in [5.74, 6) is -0.982. The molecule has 0 atom stereocenters. The summed E-state index contributed by atoms with van der Waals surface area (Å²) in [5, 5.41) is 0. The molecule has 3 rings (SSSR count). The van der Waals surface area contributed by atoms with Crippen molar-refractivity contribution >= 4 is 21.7 Å². The van der Waals surface area contributed by atoms with Crippen molar-refractivity contribution in [3.05, 3.63) is 58.7 Å². The molecule has 0 aliphatic carbocycles. The molecule has 0 radical (unpaired) electrons. The molecule has 7 nitrogen and oxygen atoms in total. The van der Waals surface area contributed by atoms with Gasteiger partial charge in [-0.1, -0.05) is 17.7 Å². The molecule has 0 saturated carbocycles. The molecule has 1 amide bonds. The molecule has 0 aromatic heterocycles. The van der Waals surface area contributed by atoms with Crippen LogP contribution in [0.1, 0.15) is 44.7 Å². The highest BCUT2D eigenvalue weighted by Gasteiger charge is 2.28. The van der Waals surface area contributed by atoms with Gasteiger partial charge in [0.15, 0.2) is 12.4 Å². The van der Waals surface area contributed by atoms with E-state index < -0.39 is 15.9 Å². The van der Waals surface area contributed by atoms with E-state index in [1.165, 1.54) is 22.5 Å². The van der Waals surface area contributed by atoms with E-state index in [0.717, 1.165) is 24.0 Å². The fourth-order valence-corrected chi connectivity index (χ4v) is 4.87. The van der Waals surface area contributed by atoms with E-state index in [1.54, 1.807) is 6.07 Å². The molecule has 1 heterocycles. The normalized spacial score (nSPS) is 14.7. The van der Waals surface area contributed by atoms with Crippen molar-refractivity contribution in [3.8, 4) is 5.75 Å². The van der Waals surface area contributed by atoms with Crippen molar-refractivity contribution in [1.29, 1.82) is 0 Å². The number of hydrogen-bond acceptors (Lipinski definition) is 5. The first-order valence-corrected chi connectivity index (χ1v) is 10.8. The van der Waals surface area contributed by atoms with Gasteiger partial charge in [0, 0.05) is 18.7 Å². The number of rotatable bonds is 7. The molecule has 1 aliphatic rings. The van der Waals surface area contributed by atoms with E-state index in [0.29, 0.717) is 18.7 Å². The quantitative estimate of drug-likeness (QED) is 0.698. The molecule has 2 aromatic rings. The van der Waals surface area contributed by atoms with Gasteiger partial charge in [-0.05, 0) is 56.5 Å². The molecule has 2 aromatic carbocycles. The number of carbonyl (C=O) groups excluding carboxylic acids is 2. The number of carbonyl (C=O) groups is 2. The van der Waals surface area contributed by atoms with E-state index in [-0.39, 0.29) is 28.6 Å². The summed E-state index contributed by atoms with van der Waals surface area (Å²) in [4.78, 5) is 24.4. The average Bonchev–Trinajstić information content (AvgIpc) is 3.23. The van der Waals surface area contributed by atoms with Crippen LogP contribution in [0, 0.1) is 13.8 Å². The monoisotopic (exact) mass is 416 g/mol. The molecular weight excluding hydrogens is 392 g/mol. The predicted molar refractivity (Wildman–Crippen MR) is 109 cm³/mol. The third kappa shape index (κ3) is 4.49. The van der Waals surface area contributed by atoms with Crippen LogP contribution in [0.25, 0.3) is 0 Å². The van der Waals surface area contributed by atoms with Crippen LogP contribution in [0.5, 0.6) is 5.75 Å². The maximum absolute atomic E-state index is 12.7. The zero-order valence-electron chi connectivity index (χ0n) is 16.5. The molecule has 8 heteroatoms. The Morgan fingerprint density at radius 2 is 1.72 bits per heavy atom. The van der Waals surface area contributed by atoms with E-state index >= 15 is 0 Å². The van der Waals surface area contributed by atoms with E-state index in [9.17, 15) is 18.0 Å². The van der Waals surface area contributed by atoms with Gasteiger partial charge in [-0.25, -0.2) is 8.42 Å². The van der Waals surface area contributed by atoms with Crippen molar-refractivity contribution < 1.29 is 22.7 Å². The van der Waals surface area contributed by atoms with E-state index in [1.807, 2.05) is 26.0 Å². The lowest BCUT2D eigenvalue weighted by Crippen LogP contribution is -2.28. The smallest absolute Gasteiger partial charge is 0.252 e. The summed E-state index contributed by atoms with van der Waals surface area (Å²) in [6, 6.07) is 9.51. The number of benzene rings is 2. The van der Waals surface area contributed by atoms with E-state index in [4.69, 9.17) is 10.5 Å². The zero-order valence-corrected chi connectivity index (χ0v) is 17.3. The first-order valence-electron chi connectivity index (χ1n) is 9.37. The van der Waals surface area contributed by atoms with Crippen LogP contribution in [-0.2, 0) is 10.0 Å². The molecule has 154 valence electrons. The summed E-state index contributed by atoms with van der Waals surface area (Å²) in [5.41, 5.74) is 7.68. The van der Waals surface area contributed by atoms with Crippen LogP contribution in [0.4, 0.5) is 0 Å². The fourth-order valence-electron chi connectivity index (χ4n) is 3.32. The number of ketones is 1. The topological polar surface area (TPSA) is 107 Å². The molecule has 29 heavy (non-hydrogen) atoms. The predicted octanol–water partition coefficient (Wildman–Crippen LogP) is 2.45. The van der Waals surface area contributed by atoms with E-state index in [2.05, 4.69) is 0 Å². The summed E-state index contributed by atoms with van der Waals surface area (Å²) in [6.07, 6.45) is 1.62. The number of nitrogens with zero attached hydrogens (tertiary/aromatic N) is 1. The van der Waals surface area contributed by atoms with Gasteiger partial charge in [-0.2, -0.15) is 4.31 Å². The average molecular weight is 416 g/mol. The summed E-state index contributed by atoms with van der Waals surface area (Å²) >= 11 is 0. The number of primary amides is 1. The second kappa shape index (κ2) is 8.34. The standard InChI is InChI=1S/C21H24N2O5S/c1-14-5-6-15(2)17(11-14)19(24)13-28-20-8-7-16(12-18(20)21(22)25)29(26,27)23-9-3-4-10-23/h5-8,11-12H,3-4,9-10,13H2,1-2H3,(H2,22,25). The lowest BCUT2D eigenvalue weighted by atomic mass is 10.0. The highest BCUT2D eigenvalue weighted by molar-refractivity contribution is 7.89. The molecule has 1 saturated heterocycles. The second-order valence-electron chi connectivity index (χ2n) is 7.16.